The summed E-state index contributed by atoms with van der Waals surface area (Å²) in [5, 5.41) is 3.08. The molecule has 224 valence electrons. The molecule has 11 heteroatoms. The number of para-hydroxylation sites is 1. The minimum absolute atomic E-state index is 0.0254. The lowest BCUT2D eigenvalue weighted by Gasteiger charge is -2.35. The number of benzene rings is 3. The predicted molar refractivity (Wildman–Crippen MR) is 158 cm³/mol. The molecule has 1 fully saturated rings. The van der Waals surface area contributed by atoms with Crippen molar-refractivity contribution in [2.45, 2.75) is 50.7 Å². The number of hydrogen-bond acceptors (Lipinski definition) is 4. The van der Waals surface area contributed by atoms with Crippen LogP contribution in [0.15, 0.2) is 78.9 Å². The summed E-state index contributed by atoms with van der Waals surface area (Å²) < 4.78 is 57.0. The first-order chi connectivity index (χ1) is 20.1. The molecule has 0 unspecified atom stereocenters. The maximum atomic E-state index is 14.9. The van der Waals surface area contributed by atoms with Gasteiger partial charge in [-0.25, -0.2) is 13.1 Å². The van der Waals surface area contributed by atoms with Crippen molar-refractivity contribution in [2.24, 2.45) is 0 Å². The van der Waals surface area contributed by atoms with Crippen LogP contribution in [0, 0.1) is 11.6 Å². The second-order valence-corrected chi connectivity index (χ2v) is 12.7. The molecular formula is C31H36F2N4O4S. The van der Waals surface area contributed by atoms with Crippen molar-refractivity contribution in [1.82, 2.24) is 14.5 Å². The van der Waals surface area contributed by atoms with Gasteiger partial charge in [0.25, 0.3) is 0 Å². The molecule has 3 aromatic rings. The molecule has 0 radical (unpaired) electrons. The molecule has 8 nitrogen and oxygen atoms in total. The zero-order valence-electron chi connectivity index (χ0n) is 23.7. The van der Waals surface area contributed by atoms with Crippen LogP contribution in [0.25, 0.3) is 0 Å². The fraction of sp³-hybridized carbons (Fsp3) is 0.355. The van der Waals surface area contributed by atoms with Crippen molar-refractivity contribution in [3.63, 3.8) is 0 Å². The Morgan fingerprint density at radius 2 is 1.50 bits per heavy atom. The molecule has 0 aromatic heterocycles. The minimum Gasteiger partial charge on any atom is -0.352 e. The highest BCUT2D eigenvalue weighted by molar-refractivity contribution is 7.90. The van der Waals surface area contributed by atoms with Gasteiger partial charge in [0, 0.05) is 33.1 Å². The number of anilines is 1. The molecular weight excluding hydrogens is 562 g/mol. The molecule has 3 aromatic carbocycles. The Hall–Kier alpha value is -3.83. The number of rotatable bonds is 12. The summed E-state index contributed by atoms with van der Waals surface area (Å²) in [5.74, 6) is -2.36. The van der Waals surface area contributed by atoms with Crippen LogP contribution >= 0.6 is 0 Å². The van der Waals surface area contributed by atoms with E-state index >= 15 is 0 Å². The Bertz CT molecular complexity index is 1460. The van der Waals surface area contributed by atoms with Crippen molar-refractivity contribution < 1.29 is 26.8 Å². The lowest BCUT2D eigenvalue weighted by molar-refractivity contribution is -0.140. The van der Waals surface area contributed by atoms with Gasteiger partial charge in [-0.05, 0) is 48.2 Å². The zero-order valence-corrected chi connectivity index (χ0v) is 24.6. The van der Waals surface area contributed by atoms with Gasteiger partial charge in [-0.2, -0.15) is 12.7 Å². The standard InChI is InChI=1S/C31H36F2N4O4S/c1-35(2)42(40,41)37(28-15-9-8-14-27(28)33)22-30(38)36(21-24-16-18-25(32)19-17-24)29(20-23-10-4-3-5-11-23)31(39)34-26-12-6-7-13-26/h3-5,8-11,14-19,26,29H,6-7,12-13,20-22H2,1-2H3,(H,34,39)/t29-/m1/s1. The molecule has 42 heavy (non-hydrogen) atoms. The molecule has 0 aliphatic heterocycles. The smallest absolute Gasteiger partial charge is 0.304 e. The van der Waals surface area contributed by atoms with Gasteiger partial charge in [0.2, 0.25) is 11.8 Å². The van der Waals surface area contributed by atoms with E-state index in [4.69, 9.17) is 0 Å². The van der Waals surface area contributed by atoms with E-state index in [0.29, 0.717) is 9.87 Å². The van der Waals surface area contributed by atoms with Gasteiger partial charge in [0.15, 0.2) is 0 Å². The molecule has 1 aliphatic carbocycles. The third-order valence-corrected chi connectivity index (χ3v) is 9.18. The summed E-state index contributed by atoms with van der Waals surface area (Å²) >= 11 is 0. The van der Waals surface area contributed by atoms with E-state index in [1.807, 2.05) is 30.3 Å². The molecule has 0 heterocycles. The molecule has 1 N–H and O–H groups in total. The average Bonchev–Trinajstić information content (AvgIpc) is 3.48. The average molecular weight is 599 g/mol. The van der Waals surface area contributed by atoms with Gasteiger partial charge in [-0.3, -0.25) is 9.59 Å². The predicted octanol–water partition coefficient (Wildman–Crippen LogP) is 4.28. The van der Waals surface area contributed by atoms with E-state index in [1.54, 1.807) is 0 Å². The maximum Gasteiger partial charge on any atom is 0.304 e. The van der Waals surface area contributed by atoms with Crippen LogP contribution in [-0.2, 0) is 32.8 Å². The quantitative estimate of drug-likeness (QED) is 0.337. The van der Waals surface area contributed by atoms with E-state index in [2.05, 4.69) is 5.32 Å². The zero-order chi connectivity index (χ0) is 30.3. The summed E-state index contributed by atoms with van der Waals surface area (Å²) in [5.41, 5.74) is 1.05. The molecule has 0 bridgehead atoms. The number of nitrogens with zero attached hydrogens (tertiary/aromatic N) is 3. The minimum atomic E-state index is -4.32. The van der Waals surface area contributed by atoms with Crippen LogP contribution < -0.4 is 9.62 Å². The number of hydrogen-bond donors (Lipinski definition) is 1. The highest BCUT2D eigenvalue weighted by atomic mass is 32.2. The second-order valence-electron chi connectivity index (χ2n) is 10.6. The molecule has 1 saturated carbocycles. The summed E-state index contributed by atoms with van der Waals surface area (Å²) in [4.78, 5) is 29.3. The SMILES string of the molecule is CN(C)S(=O)(=O)N(CC(=O)N(Cc1ccc(F)cc1)[C@H](Cc1ccccc1)C(=O)NC1CCCC1)c1ccccc1F. The summed E-state index contributed by atoms with van der Waals surface area (Å²) in [6.45, 7) is -0.855. The van der Waals surface area contributed by atoms with Crippen molar-refractivity contribution >= 4 is 27.7 Å². The fourth-order valence-electron chi connectivity index (χ4n) is 5.06. The second kappa shape index (κ2) is 13.9. The van der Waals surface area contributed by atoms with Crippen LogP contribution in [0.5, 0.6) is 0 Å². The number of halogens is 2. The fourth-order valence-corrected chi connectivity index (χ4v) is 6.13. The van der Waals surface area contributed by atoms with Gasteiger partial charge in [0.1, 0.15) is 24.2 Å². The first-order valence-electron chi connectivity index (χ1n) is 13.9. The first-order valence-corrected chi connectivity index (χ1v) is 15.3. The van der Waals surface area contributed by atoms with Crippen molar-refractivity contribution in [3.8, 4) is 0 Å². The largest absolute Gasteiger partial charge is 0.352 e. The summed E-state index contributed by atoms with van der Waals surface area (Å²) in [7, 11) is -1.74. The van der Waals surface area contributed by atoms with Crippen LogP contribution in [0.1, 0.15) is 36.8 Å². The van der Waals surface area contributed by atoms with Gasteiger partial charge in [0.05, 0.1) is 5.69 Å². The van der Waals surface area contributed by atoms with E-state index in [1.165, 1.54) is 61.5 Å². The Morgan fingerprint density at radius 1 is 0.881 bits per heavy atom. The lowest BCUT2D eigenvalue weighted by Crippen LogP contribution is -2.55. The molecule has 0 saturated heterocycles. The number of amides is 2. The van der Waals surface area contributed by atoms with Crippen LogP contribution in [-0.4, -0.2) is 62.2 Å². The van der Waals surface area contributed by atoms with Crippen molar-refractivity contribution in [3.05, 3.63) is 102 Å². The number of carbonyl (C=O) groups excluding carboxylic acids is 2. The van der Waals surface area contributed by atoms with E-state index in [-0.39, 0.29) is 30.6 Å². The Kier molecular flexibility index (Phi) is 10.3. The van der Waals surface area contributed by atoms with Gasteiger partial charge in [-0.1, -0.05) is 67.4 Å². The lowest BCUT2D eigenvalue weighted by atomic mass is 10.0. The van der Waals surface area contributed by atoms with Crippen LogP contribution in [0.4, 0.5) is 14.5 Å². The normalized spacial score (nSPS) is 14.5. The number of nitrogens with one attached hydrogen (secondary N) is 1. The molecule has 4 rings (SSSR count). The van der Waals surface area contributed by atoms with Gasteiger partial charge in [-0.15, -0.1) is 0 Å². The van der Waals surface area contributed by atoms with Crippen molar-refractivity contribution in [1.29, 1.82) is 0 Å². The third kappa shape index (κ3) is 7.71. The highest BCUT2D eigenvalue weighted by Crippen LogP contribution is 2.25. The summed E-state index contributed by atoms with van der Waals surface area (Å²) in [6, 6.07) is 19.0. The maximum absolute atomic E-state index is 14.9. The molecule has 1 aliphatic rings. The molecule has 1 atom stereocenters. The monoisotopic (exact) mass is 598 g/mol. The van der Waals surface area contributed by atoms with E-state index < -0.39 is 40.3 Å². The highest BCUT2D eigenvalue weighted by Gasteiger charge is 2.36. The van der Waals surface area contributed by atoms with Gasteiger partial charge >= 0.3 is 10.2 Å². The third-order valence-electron chi connectivity index (χ3n) is 7.38. The summed E-state index contributed by atoms with van der Waals surface area (Å²) in [6.07, 6.45) is 3.81. The van der Waals surface area contributed by atoms with E-state index in [9.17, 15) is 26.8 Å². The van der Waals surface area contributed by atoms with Crippen LogP contribution in [0.2, 0.25) is 0 Å². The van der Waals surface area contributed by atoms with E-state index in [0.717, 1.165) is 41.6 Å². The van der Waals surface area contributed by atoms with Crippen LogP contribution in [0.3, 0.4) is 0 Å². The Labute approximate surface area is 246 Å². The molecule has 0 spiro atoms. The molecule has 2 amide bonds. The Morgan fingerprint density at radius 3 is 2.12 bits per heavy atom. The van der Waals surface area contributed by atoms with Crippen molar-refractivity contribution in [2.75, 3.05) is 24.9 Å². The topological polar surface area (TPSA) is 90.0 Å². The number of carbonyl (C=O) groups is 2. The first kappa shape index (κ1) is 31.1. The van der Waals surface area contributed by atoms with Gasteiger partial charge < -0.3 is 10.2 Å². The Balaban J connectivity index is 1.76.